The number of halogens is 2. The molecule has 0 atom stereocenters. The highest BCUT2D eigenvalue weighted by Gasteiger charge is 2.54. The van der Waals surface area contributed by atoms with Crippen molar-refractivity contribution in [3.63, 3.8) is 0 Å². The van der Waals surface area contributed by atoms with Crippen molar-refractivity contribution < 1.29 is 9.53 Å². The molecule has 0 saturated heterocycles. The van der Waals surface area contributed by atoms with Crippen LogP contribution in [0.5, 0.6) is 0 Å². The summed E-state index contributed by atoms with van der Waals surface area (Å²) in [5, 5.41) is 2.15. The summed E-state index contributed by atoms with van der Waals surface area (Å²) in [4.78, 5) is 12.9. The van der Waals surface area contributed by atoms with Crippen LogP contribution in [-0.4, -0.2) is 15.1 Å². The van der Waals surface area contributed by atoms with Gasteiger partial charge in [-0.2, -0.15) is 0 Å². The van der Waals surface area contributed by atoms with E-state index in [1.807, 2.05) is 24.3 Å². The predicted octanol–water partition coefficient (Wildman–Crippen LogP) is 6.74. The molecule has 0 spiro atoms. The first-order chi connectivity index (χ1) is 15.4. The minimum absolute atomic E-state index is 0.0628. The van der Waals surface area contributed by atoms with Gasteiger partial charge in [-0.25, -0.2) is 4.79 Å². The maximum Gasteiger partial charge on any atom is 0.352 e. The smallest absolute Gasteiger partial charge is 0.352 e. The minimum atomic E-state index is -1.32. The summed E-state index contributed by atoms with van der Waals surface area (Å²) in [7, 11) is 0. The van der Waals surface area contributed by atoms with Crippen LogP contribution in [0.4, 0.5) is 0 Å². The molecule has 0 unspecified atom stereocenters. The molecule has 4 nitrogen and oxygen atoms in total. The fraction of sp³-hybridized carbons (Fsp3) is 0.269. The van der Waals surface area contributed by atoms with Gasteiger partial charge < -0.3 is 13.9 Å². The Bertz CT molecular complexity index is 1350. The molecule has 1 aliphatic heterocycles. The summed E-state index contributed by atoms with van der Waals surface area (Å²) in [6.45, 7) is 9.88. The lowest BCUT2D eigenvalue weighted by Gasteiger charge is -2.31. The van der Waals surface area contributed by atoms with Gasteiger partial charge in [0, 0.05) is 57.4 Å². The van der Waals surface area contributed by atoms with Gasteiger partial charge in [0.1, 0.15) is 5.03 Å². The molecule has 164 valence electrons. The normalized spacial score (nSPS) is 15.9. The fourth-order valence-electron chi connectivity index (χ4n) is 5.49. The van der Waals surface area contributed by atoms with E-state index in [1.54, 1.807) is 0 Å². The summed E-state index contributed by atoms with van der Waals surface area (Å²) in [6, 6.07) is 16.3. The Morgan fingerprint density at radius 1 is 0.812 bits per heavy atom. The second kappa shape index (κ2) is 7.43. The molecule has 0 fully saturated rings. The molecule has 0 amide bonds. The molecular formula is C26H24Cl2N2O2. The number of aromatic nitrogens is 2. The molecule has 0 N–H and O–H groups in total. The van der Waals surface area contributed by atoms with Gasteiger partial charge in [-0.3, -0.25) is 0 Å². The Hall–Kier alpha value is -2.69. The van der Waals surface area contributed by atoms with Gasteiger partial charge in [-0.15, -0.1) is 0 Å². The number of hydrogen-bond donors (Lipinski definition) is 0. The summed E-state index contributed by atoms with van der Waals surface area (Å²) >= 11 is 13.4. The first-order valence-electron chi connectivity index (χ1n) is 10.8. The van der Waals surface area contributed by atoms with Gasteiger partial charge in [0.15, 0.2) is 0 Å². The number of carbonyl (C=O) groups is 1. The Balaban J connectivity index is 2.02. The molecule has 0 saturated carbocycles. The van der Waals surface area contributed by atoms with E-state index in [4.69, 9.17) is 27.9 Å². The number of rotatable bonds is 4. The van der Waals surface area contributed by atoms with Crippen molar-refractivity contribution in [1.82, 2.24) is 9.13 Å². The maximum atomic E-state index is 12.9. The molecule has 4 aromatic rings. The molecule has 2 aromatic heterocycles. The second-order valence-corrected chi connectivity index (χ2v) is 8.90. The lowest BCUT2D eigenvalue weighted by atomic mass is 9.82. The van der Waals surface area contributed by atoms with Crippen molar-refractivity contribution in [2.24, 2.45) is 0 Å². The highest BCUT2D eigenvalue weighted by Crippen LogP contribution is 2.55. The summed E-state index contributed by atoms with van der Waals surface area (Å²) in [6.07, 6.45) is 0. The van der Waals surface area contributed by atoms with Crippen molar-refractivity contribution in [2.45, 2.75) is 46.4 Å². The highest BCUT2D eigenvalue weighted by molar-refractivity contribution is 6.49. The van der Waals surface area contributed by atoms with Crippen molar-refractivity contribution in [3.8, 4) is 0 Å². The first kappa shape index (κ1) is 21.2. The van der Waals surface area contributed by atoms with Crippen LogP contribution in [0.2, 0.25) is 0 Å². The second-order valence-electron chi connectivity index (χ2n) is 8.14. The molecule has 0 radical (unpaired) electrons. The van der Waals surface area contributed by atoms with Crippen LogP contribution in [0, 0.1) is 13.8 Å². The molecule has 0 bridgehead atoms. The molecule has 0 aliphatic carbocycles. The van der Waals surface area contributed by atoms with Crippen molar-refractivity contribution in [1.29, 1.82) is 0 Å². The van der Waals surface area contributed by atoms with E-state index in [0.717, 1.165) is 57.4 Å². The molecule has 1 aliphatic rings. The number of benzene rings is 2. The average molecular weight is 467 g/mol. The van der Waals surface area contributed by atoms with E-state index in [-0.39, 0.29) is 10.1 Å². The SMILES string of the molecule is CCn1c(C)c(C2(c3c(C)n(CC)c4ccccc34)OC(=O)C(Cl)=C2Cl)c2ccccc21. The quantitative estimate of drug-likeness (QED) is 0.312. The zero-order valence-corrected chi connectivity index (χ0v) is 20.0. The standard InChI is InChI=1S/C26H24Cl2N2O2/c1-5-29-15(3)21(17-11-7-9-13-19(17)29)26(24(28)23(27)25(31)32-26)22-16(4)30(6-2)20-14-10-8-12-18(20)22/h7-14H,5-6H2,1-4H3. The number of ether oxygens (including phenoxy) is 1. The van der Waals surface area contributed by atoms with E-state index >= 15 is 0 Å². The van der Waals surface area contributed by atoms with Crippen LogP contribution in [0.15, 0.2) is 58.6 Å². The lowest BCUT2D eigenvalue weighted by molar-refractivity contribution is -0.144. The van der Waals surface area contributed by atoms with Crippen LogP contribution in [0.3, 0.4) is 0 Å². The topological polar surface area (TPSA) is 36.2 Å². The molecule has 2 aromatic carbocycles. The van der Waals surface area contributed by atoms with Gasteiger partial charge in [0.05, 0.1) is 5.03 Å². The summed E-state index contributed by atoms with van der Waals surface area (Å²) in [5.74, 6) is -0.600. The number of cyclic esters (lactones) is 1. The Labute approximate surface area is 197 Å². The van der Waals surface area contributed by atoms with Crippen molar-refractivity contribution in [3.05, 3.63) is 81.1 Å². The van der Waals surface area contributed by atoms with Gasteiger partial charge in [-0.1, -0.05) is 59.6 Å². The molecule has 5 rings (SSSR count). The Kier molecular flexibility index (Phi) is 4.92. The van der Waals surface area contributed by atoms with Crippen molar-refractivity contribution in [2.75, 3.05) is 0 Å². The Morgan fingerprint density at radius 2 is 1.25 bits per heavy atom. The molecule has 6 heteroatoms. The third kappa shape index (κ3) is 2.54. The lowest BCUT2D eigenvalue weighted by Crippen LogP contribution is -2.31. The van der Waals surface area contributed by atoms with Crippen LogP contribution in [-0.2, 0) is 28.2 Å². The maximum absolute atomic E-state index is 12.9. The monoisotopic (exact) mass is 466 g/mol. The number of esters is 1. The van der Waals surface area contributed by atoms with Crippen LogP contribution in [0.1, 0.15) is 36.4 Å². The van der Waals surface area contributed by atoms with Crippen molar-refractivity contribution >= 4 is 51.0 Å². The fourth-order valence-corrected chi connectivity index (χ4v) is 5.96. The van der Waals surface area contributed by atoms with Gasteiger partial charge in [0.25, 0.3) is 0 Å². The molecule has 3 heterocycles. The number of fused-ring (bicyclic) bond motifs is 2. The number of aryl methyl sites for hydroxylation is 2. The Morgan fingerprint density at radius 3 is 1.62 bits per heavy atom. The number of para-hydroxylation sites is 2. The average Bonchev–Trinajstić information content (AvgIpc) is 3.33. The van der Waals surface area contributed by atoms with Crippen LogP contribution >= 0.6 is 23.2 Å². The summed E-state index contributed by atoms with van der Waals surface area (Å²) < 4.78 is 10.7. The zero-order valence-electron chi connectivity index (χ0n) is 18.5. The number of nitrogens with zero attached hydrogens (tertiary/aromatic N) is 2. The summed E-state index contributed by atoms with van der Waals surface area (Å²) in [5.41, 5.74) is 4.56. The van der Waals surface area contributed by atoms with E-state index in [0.29, 0.717) is 0 Å². The van der Waals surface area contributed by atoms with Crippen LogP contribution in [0.25, 0.3) is 21.8 Å². The number of carbonyl (C=O) groups excluding carboxylic acids is 1. The van der Waals surface area contributed by atoms with Gasteiger partial charge >= 0.3 is 5.97 Å². The molecular weight excluding hydrogens is 443 g/mol. The van der Waals surface area contributed by atoms with E-state index in [1.165, 1.54) is 0 Å². The molecule has 32 heavy (non-hydrogen) atoms. The number of hydrogen-bond acceptors (Lipinski definition) is 2. The van der Waals surface area contributed by atoms with Gasteiger partial charge in [-0.05, 0) is 39.8 Å². The minimum Gasteiger partial charge on any atom is -0.439 e. The predicted molar refractivity (Wildman–Crippen MR) is 130 cm³/mol. The third-order valence-corrected chi connectivity index (χ3v) is 7.62. The van der Waals surface area contributed by atoms with E-state index in [2.05, 4.69) is 61.1 Å². The third-order valence-electron chi connectivity index (χ3n) is 6.73. The van der Waals surface area contributed by atoms with Gasteiger partial charge in [0.2, 0.25) is 5.60 Å². The first-order valence-corrected chi connectivity index (χ1v) is 11.6. The van der Waals surface area contributed by atoms with E-state index in [9.17, 15) is 4.79 Å². The highest BCUT2D eigenvalue weighted by atomic mass is 35.5. The van der Waals surface area contributed by atoms with E-state index < -0.39 is 11.6 Å². The van der Waals surface area contributed by atoms with Crippen LogP contribution < -0.4 is 0 Å². The largest absolute Gasteiger partial charge is 0.439 e. The zero-order chi connectivity index (χ0) is 22.8.